The van der Waals surface area contributed by atoms with E-state index in [1.807, 2.05) is 6.92 Å². The number of aliphatic hydroxyl groups is 1. The zero-order valence-corrected chi connectivity index (χ0v) is 9.53. The minimum absolute atomic E-state index is 0.0135. The molecule has 0 aromatic carbocycles. The number of ether oxygens (including phenoxy) is 1. The van der Waals surface area contributed by atoms with Crippen LogP contribution in [0.25, 0.3) is 0 Å². The van der Waals surface area contributed by atoms with Crippen LogP contribution in [-0.2, 0) is 9.53 Å². The number of hydrogen-bond acceptors (Lipinski definition) is 4. The quantitative estimate of drug-likeness (QED) is 0.709. The van der Waals surface area contributed by atoms with Crippen molar-refractivity contribution in [3.63, 3.8) is 0 Å². The van der Waals surface area contributed by atoms with Crippen molar-refractivity contribution in [1.82, 2.24) is 5.32 Å². The van der Waals surface area contributed by atoms with E-state index in [2.05, 4.69) is 11.4 Å². The molecule has 1 fully saturated rings. The summed E-state index contributed by atoms with van der Waals surface area (Å²) in [5, 5.41) is 20.7. The van der Waals surface area contributed by atoms with Crippen molar-refractivity contribution in [3.8, 4) is 6.07 Å². The van der Waals surface area contributed by atoms with Gasteiger partial charge in [0.2, 0.25) is 5.91 Å². The first-order valence-corrected chi connectivity index (χ1v) is 5.53. The van der Waals surface area contributed by atoms with Crippen LogP contribution in [0, 0.1) is 22.7 Å². The van der Waals surface area contributed by atoms with Crippen molar-refractivity contribution in [2.45, 2.75) is 19.8 Å². The number of nitriles is 1. The van der Waals surface area contributed by atoms with E-state index < -0.39 is 5.41 Å². The van der Waals surface area contributed by atoms with Crippen LogP contribution in [0.2, 0.25) is 0 Å². The summed E-state index contributed by atoms with van der Waals surface area (Å²) >= 11 is 0. The van der Waals surface area contributed by atoms with Gasteiger partial charge in [0.25, 0.3) is 0 Å². The van der Waals surface area contributed by atoms with Gasteiger partial charge in [-0.1, -0.05) is 6.92 Å². The summed E-state index contributed by atoms with van der Waals surface area (Å²) in [6.45, 7) is 3.18. The lowest BCUT2D eigenvalue weighted by molar-refractivity contribution is -0.132. The fourth-order valence-electron chi connectivity index (χ4n) is 1.61. The fraction of sp³-hybridized carbons (Fsp3) is 0.818. The first kappa shape index (κ1) is 12.9. The lowest BCUT2D eigenvalue weighted by Crippen LogP contribution is -2.45. The third-order valence-corrected chi connectivity index (χ3v) is 2.92. The molecule has 90 valence electrons. The molecule has 1 aliphatic rings. The molecule has 1 unspecified atom stereocenters. The van der Waals surface area contributed by atoms with Gasteiger partial charge in [-0.2, -0.15) is 5.26 Å². The number of carbonyl (C=O) groups excluding carboxylic acids is 1. The van der Waals surface area contributed by atoms with Gasteiger partial charge < -0.3 is 15.2 Å². The Balaban J connectivity index is 2.53. The largest absolute Gasteiger partial charge is 0.396 e. The fourth-order valence-corrected chi connectivity index (χ4v) is 1.61. The molecule has 1 heterocycles. The van der Waals surface area contributed by atoms with Crippen LogP contribution < -0.4 is 5.32 Å². The van der Waals surface area contributed by atoms with Crippen molar-refractivity contribution < 1.29 is 14.6 Å². The van der Waals surface area contributed by atoms with E-state index in [1.54, 1.807) is 0 Å². The smallest absolute Gasteiger partial charge is 0.240 e. The molecule has 0 aliphatic carbocycles. The van der Waals surface area contributed by atoms with E-state index in [0.717, 1.165) is 0 Å². The predicted octanol–water partition coefficient (Wildman–Crippen LogP) is 0.0514. The van der Waals surface area contributed by atoms with Crippen molar-refractivity contribution in [2.24, 2.45) is 11.3 Å². The first-order valence-electron chi connectivity index (χ1n) is 5.53. The third-order valence-electron chi connectivity index (χ3n) is 2.92. The standard InChI is InChI=1S/C11H18N2O3/c1-9(7-14)6-13-10(15)11(8-12)2-4-16-5-3-11/h9,14H,2-7H2,1H3,(H,13,15). The highest BCUT2D eigenvalue weighted by atomic mass is 16.5. The van der Waals surface area contributed by atoms with Crippen molar-refractivity contribution in [3.05, 3.63) is 0 Å². The molecule has 0 saturated carbocycles. The van der Waals surface area contributed by atoms with Gasteiger partial charge in [0.1, 0.15) is 5.41 Å². The molecule has 1 amide bonds. The molecule has 0 bridgehead atoms. The second kappa shape index (κ2) is 5.83. The number of rotatable bonds is 4. The van der Waals surface area contributed by atoms with Crippen LogP contribution in [0.3, 0.4) is 0 Å². The number of aliphatic hydroxyl groups excluding tert-OH is 1. The molecule has 5 heteroatoms. The minimum atomic E-state index is -0.937. The van der Waals surface area contributed by atoms with E-state index in [-0.39, 0.29) is 18.4 Å². The van der Waals surface area contributed by atoms with Crippen LogP contribution >= 0.6 is 0 Å². The van der Waals surface area contributed by atoms with E-state index in [4.69, 9.17) is 15.1 Å². The molecule has 0 aromatic rings. The summed E-state index contributed by atoms with van der Waals surface area (Å²) in [5.41, 5.74) is -0.937. The molecule has 1 atom stereocenters. The molecule has 1 saturated heterocycles. The summed E-state index contributed by atoms with van der Waals surface area (Å²) in [6.07, 6.45) is 0.895. The van der Waals surface area contributed by atoms with Crippen LogP contribution in [0.15, 0.2) is 0 Å². The van der Waals surface area contributed by atoms with E-state index in [9.17, 15) is 4.79 Å². The topological polar surface area (TPSA) is 82.4 Å². The van der Waals surface area contributed by atoms with Gasteiger partial charge in [0, 0.05) is 26.4 Å². The first-order chi connectivity index (χ1) is 7.64. The van der Waals surface area contributed by atoms with E-state index in [1.165, 1.54) is 0 Å². The Morgan fingerprint density at radius 2 is 2.25 bits per heavy atom. The molecule has 2 N–H and O–H groups in total. The van der Waals surface area contributed by atoms with Gasteiger partial charge in [0.15, 0.2) is 0 Å². The Kier molecular flexibility index (Phi) is 4.71. The molecule has 5 nitrogen and oxygen atoms in total. The molecule has 0 aromatic heterocycles. The van der Waals surface area contributed by atoms with Gasteiger partial charge in [-0.05, 0) is 18.8 Å². The zero-order valence-electron chi connectivity index (χ0n) is 9.53. The summed E-state index contributed by atoms with van der Waals surface area (Å²) in [7, 11) is 0. The van der Waals surface area contributed by atoms with Crippen LogP contribution in [0.1, 0.15) is 19.8 Å². The second-order valence-corrected chi connectivity index (χ2v) is 4.30. The maximum Gasteiger partial charge on any atom is 0.240 e. The summed E-state index contributed by atoms with van der Waals surface area (Å²) < 4.78 is 5.15. The average molecular weight is 226 g/mol. The molecular weight excluding hydrogens is 208 g/mol. The number of amides is 1. The van der Waals surface area contributed by atoms with E-state index in [0.29, 0.717) is 32.6 Å². The van der Waals surface area contributed by atoms with Crippen molar-refractivity contribution in [2.75, 3.05) is 26.4 Å². The highest BCUT2D eigenvalue weighted by Crippen LogP contribution is 2.29. The lowest BCUT2D eigenvalue weighted by atomic mass is 9.81. The maximum absolute atomic E-state index is 11.9. The highest BCUT2D eigenvalue weighted by molar-refractivity contribution is 5.85. The van der Waals surface area contributed by atoms with Gasteiger partial charge in [0.05, 0.1) is 6.07 Å². The Morgan fingerprint density at radius 3 is 2.75 bits per heavy atom. The normalized spacial score (nSPS) is 20.8. The Morgan fingerprint density at radius 1 is 1.62 bits per heavy atom. The van der Waals surface area contributed by atoms with Crippen LogP contribution in [0.4, 0.5) is 0 Å². The van der Waals surface area contributed by atoms with Crippen molar-refractivity contribution in [1.29, 1.82) is 5.26 Å². The number of nitrogens with one attached hydrogen (secondary N) is 1. The zero-order chi connectivity index (χ0) is 12.0. The maximum atomic E-state index is 11.9. The number of nitrogens with zero attached hydrogens (tertiary/aromatic N) is 1. The Labute approximate surface area is 95.4 Å². The van der Waals surface area contributed by atoms with Gasteiger partial charge in [-0.15, -0.1) is 0 Å². The summed E-state index contributed by atoms with van der Waals surface area (Å²) in [4.78, 5) is 11.9. The van der Waals surface area contributed by atoms with Gasteiger partial charge >= 0.3 is 0 Å². The SMILES string of the molecule is CC(CO)CNC(=O)C1(C#N)CCOCC1. The van der Waals surface area contributed by atoms with Crippen LogP contribution in [-0.4, -0.2) is 37.4 Å². The lowest BCUT2D eigenvalue weighted by Gasteiger charge is -2.29. The second-order valence-electron chi connectivity index (χ2n) is 4.30. The molecule has 0 radical (unpaired) electrons. The summed E-state index contributed by atoms with van der Waals surface area (Å²) in [5.74, 6) is -0.224. The molecule has 1 aliphatic heterocycles. The van der Waals surface area contributed by atoms with Crippen molar-refractivity contribution >= 4 is 5.91 Å². The third kappa shape index (κ3) is 2.94. The highest BCUT2D eigenvalue weighted by Gasteiger charge is 2.40. The van der Waals surface area contributed by atoms with Gasteiger partial charge in [-0.25, -0.2) is 0 Å². The molecule has 16 heavy (non-hydrogen) atoms. The molecule has 0 spiro atoms. The van der Waals surface area contributed by atoms with Gasteiger partial charge in [-0.3, -0.25) is 4.79 Å². The van der Waals surface area contributed by atoms with Crippen LogP contribution in [0.5, 0.6) is 0 Å². The minimum Gasteiger partial charge on any atom is -0.396 e. The monoisotopic (exact) mass is 226 g/mol. The Bertz CT molecular complexity index is 279. The average Bonchev–Trinajstić information content (AvgIpc) is 2.36. The van der Waals surface area contributed by atoms with E-state index >= 15 is 0 Å². The molecule has 1 rings (SSSR count). The molecular formula is C11H18N2O3. The number of hydrogen-bond donors (Lipinski definition) is 2. The summed E-state index contributed by atoms with van der Waals surface area (Å²) in [6, 6.07) is 2.10. The number of carbonyl (C=O) groups is 1. The Hall–Kier alpha value is -1.12. The predicted molar refractivity (Wildman–Crippen MR) is 57.4 cm³/mol.